The van der Waals surface area contributed by atoms with E-state index in [9.17, 15) is 9.59 Å². The molecule has 5 nitrogen and oxygen atoms in total. The van der Waals surface area contributed by atoms with Crippen LogP contribution in [0.15, 0.2) is 0 Å². The van der Waals surface area contributed by atoms with Gasteiger partial charge in [-0.3, -0.25) is 4.79 Å². The van der Waals surface area contributed by atoms with Crippen molar-refractivity contribution in [3.05, 3.63) is 0 Å². The predicted octanol–water partition coefficient (Wildman–Crippen LogP) is 1.34. The molecule has 0 radical (unpaired) electrons. The van der Waals surface area contributed by atoms with Gasteiger partial charge in [0.2, 0.25) is 0 Å². The molecule has 2 amide bonds. The summed E-state index contributed by atoms with van der Waals surface area (Å²) in [6.07, 6.45) is 4.22. The topological polar surface area (TPSA) is 78.4 Å². The monoisotopic (exact) mass is 240 g/mol. The quantitative estimate of drug-likeness (QED) is 0.655. The van der Waals surface area contributed by atoms with Crippen molar-refractivity contribution >= 4 is 12.0 Å². The SMILES string of the molecule is CCC1CC1NC(=O)NC(CC(=O)O)C1CC1. The molecule has 2 rings (SSSR count). The average molecular weight is 240 g/mol. The van der Waals surface area contributed by atoms with Gasteiger partial charge in [0.25, 0.3) is 0 Å². The fraction of sp³-hybridized carbons (Fsp3) is 0.833. The van der Waals surface area contributed by atoms with E-state index in [0.29, 0.717) is 17.9 Å². The Kier molecular flexibility index (Phi) is 3.54. The van der Waals surface area contributed by atoms with Crippen LogP contribution in [0.3, 0.4) is 0 Å². The number of hydrogen-bond acceptors (Lipinski definition) is 2. The molecule has 0 aliphatic heterocycles. The fourth-order valence-electron chi connectivity index (χ4n) is 2.28. The highest BCUT2D eigenvalue weighted by Crippen LogP contribution is 2.35. The minimum absolute atomic E-state index is 0.0277. The number of rotatable bonds is 6. The molecule has 0 aromatic heterocycles. The summed E-state index contributed by atoms with van der Waals surface area (Å²) in [6.45, 7) is 2.11. The summed E-state index contributed by atoms with van der Waals surface area (Å²) in [7, 11) is 0. The summed E-state index contributed by atoms with van der Waals surface area (Å²) in [5.41, 5.74) is 0. The largest absolute Gasteiger partial charge is 0.481 e. The van der Waals surface area contributed by atoms with Crippen LogP contribution in [0.25, 0.3) is 0 Å². The van der Waals surface area contributed by atoms with E-state index in [1.165, 1.54) is 0 Å². The van der Waals surface area contributed by atoms with Gasteiger partial charge >= 0.3 is 12.0 Å². The molecular weight excluding hydrogens is 220 g/mol. The summed E-state index contributed by atoms with van der Waals surface area (Å²) < 4.78 is 0. The van der Waals surface area contributed by atoms with Gasteiger partial charge < -0.3 is 15.7 Å². The van der Waals surface area contributed by atoms with Crippen molar-refractivity contribution in [1.29, 1.82) is 0 Å². The molecule has 0 aromatic carbocycles. The summed E-state index contributed by atoms with van der Waals surface area (Å²) in [5, 5.41) is 14.5. The van der Waals surface area contributed by atoms with Crippen molar-refractivity contribution < 1.29 is 14.7 Å². The van der Waals surface area contributed by atoms with Crippen molar-refractivity contribution in [2.45, 2.75) is 51.1 Å². The van der Waals surface area contributed by atoms with Crippen molar-refractivity contribution in [2.24, 2.45) is 11.8 Å². The maximum atomic E-state index is 11.7. The molecule has 0 heterocycles. The lowest BCUT2D eigenvalue weighted by molar-refractivity contribution is -0.137. The molecule has 3 atom stereocenters. The minimum atomic E-state index is -0.847. The predicted molar refractivity (Wildman–Crippen MR) is 62.6 cm³/mol. The third kappa shape index (κ3) is 3.61. The number of carboxylic acid groups (broad SMARTS) is 1. The molecule has 5 heteroatoms. The van der Waals surface area contributed by atoms with Gasteiger partial charge in [0.05, 0.1) is 6.42 Å². The van der Waals surface area contributed by atoms with E-state index in [0.717, 1.165) is 25.7 Å². The molecule has 0 bridgehead atoms. The number of hydrogen-bond donors (Lipinski definition) is 3. The van der Waals surface area contributed by atoms with E-state index < -0.39 is 5.97 Å². The van der Waals surface area contributed by atoms with E-state index in [1.54, 1.807) is 0 Å². The van der Waals surface area contributed by atoms with Crippen LogP contribution in [-0.2, 0) is 4.79 Å². The van der Waals surface area contributed by atoms with Crippen molar-refractivity contribution in [1.82, 2.24) is 10.6 Å². The second-order valence-corrected chi connectivity index (χ2v) is 5.17. The Bertz CT molecular complexity index is 315. The molecule has 3 unspecified atom stereocenters. The maximum Gasteiger partial charge on any atom is 0.315 e. The maximum absolute atomic E-state index is 11.7. The van der Waals surface area contributed by atoms with Crippen LogP contribution < -0.4 is 10.6 Å². The highest BCUT2D eigenvalue weighted by molar-refractivity contribution is 5.76. The lowest BCUT2D eigenvalue weighted by atomic mass is 10.1. The van der Waals surface area contributed by atoms with Crippen molar-refractivity contribution in [3.63, 3.8) is 0 Å². The van der Waals surface area contributed by atoms with Gasteiger partial charge in [-0.2, -0.15) is 0 Å². The average Bonchev–Trinajstić information content (AvgIpc) is 3.11. The minimum Gasteiger partial charge on any atom is -0.481 e. The second kappa shape index (κ2) is 4.94. The number of aliphatic carboxylic acids is 1. The Morgan fingerprint density at radius 2 is 2.12 bits per heavy atom. The second-order valence-electron chi connectivity index (χ2n) is 5.17. The van der Waals surface area contributed by atoms with Crippen LogP contribution in [0.4, 0.5) is 4.79 Å². The first-order valence-corrected chi connectivity index (χ1v) is 6.39. The van der Waals surface area contributed by atoms with Crippen LogP contribution in [0, 0.1) is 11.8 Å². The summed E-state index contributed by atoms with van der Waals surface area (Å²) in [4.78, 5) is 22.3. The van der Waals surface area contributed by atoms with E-state index in [1.807, 2.05) is 0 Å². The van der Waals surface area contributed by atoms with Gasteiger partial charge in [0.1, 0.15) is 0 Å². The number of carbonyl (C=O) groups excluding carboxylic acids is 1. The van der Waals surface area contributed by atoms with Crippen LogP contribution in [0.5, 0.6) is 0 Å². The number of carbonyl (C=O) groups is 2. The van der Waals surface area contributed by atoms with Gasteiger partial charge in [-0.1, -0.05) is 13.3 Å². The molecule has 17 heavy (non-hydrogen) atoms. The molecule has 2 aliphatic rings. The van der Waals surface area contributed by atoms with Gasteiger partial charge in [-0.05, 0) is 31.1 Å². The molecule has 2 aliphatic carbocycles. The molecule has 0 aromatic rings. The smallest absolute Gasteiger partial charge is 0.315 e. The lowest BCUT2D eigenvalue weighted by Gasteiger charge is -2.16. The van der Waals surface area contributed by atoms with Crippen LogP contribution in [0.2, 0.25) is 0 Å². The highest BCUT2D eigenvalue weighted by atomic mass is 16.4. The van der Waals surface area contributed by atoms with Gasteiger partial charge in [0.15, 0.2) is 0 Å². The molecule has 2 saturated carbocycles. The fourth-order valence-corrected chi connectivity index (χ4v) is 2.28. The molecule has 0 spiro atoms. The van der Waals surface area contributed by atoms with Gasteiger partial charge in [0, 0.05) is 12.1 Å². The lowest BCUT2D eigenvalue weighted by Crippen LogP contribution is -2.45. The first-order chi connectivity index (χ1) is 8.10. The number of nitrogens with one attached hydrogen (secondary N) is 2. The summed E-state index contributed by atoms with van der Waals surface area (Å²) in [5.74, 6) is 0.123. The van der Waals surface area contributed by atoms with E-state index in [-0.39, 0.29) is 18.5 Å². The Hall–Kier alpha value is -1.26. The Labute approximate surface area is 101 Å². The first kappa shape index (κ1) is 12.2. The Morgan fingerprint density at radius 1 is 1.41 bits per heavy atom. The number of amides is 2. The first-order valence-electron chi connectivity index (χ1n) is 6.39. The van der Waals surface area contributed by atoms with Crippen LogP contribution >= 0.6 is 0 Å². The van der Waals surface area contributed by atoms with E-state index in [2.05, 4.69) is 17.6 Å². The molecule has 3 N–H and O–H groups in total. The number of carboxylic acids is 1. The molecule has 0 saturated heterocycles. The molecule has 96 valence electrons. The standard InChI is InChI=1S/C12H20N2O3/c1-2-7-5-9(7)13-12(17)14-10(6-11(15)16)8-3-4-8/h7-10H,2-6H2,1H3,(H,15,16)(H2,13,14,17). The van der Waals surface area contributed by atoms with Crippen molar-refractivity contribution in [2.75, 3.05) is 0 Å². The van der Waals surface area contributed by atoms with Gasteiger partial charge in [-0.25, -0.2) is 4.79 Å². The third-order valence-electron chi connectivity index (χ3n) is 3.67. The zero-order valence-corrected chi connectivity index (χ0v) is 10.1. The molecule has 2 fully saturated rings. The highest BCUT2D eigenvalue weighted by Gasteiger charge is 2.38. The summed E-state index contributed by atoms with van der Waals surface area (Å²) in [6, 6.07) is -0.111. The van der Waals surface area contributed by atoms with Crippen LogP contribution in [0.1, 0.15) is 39.0 Å². The van der Waals surface area contributed by atoms with E-state index >= 15 is 0 Å². The zero-order valence-electron chi connectivity index (χ0n) is 10.1. The summed E-state index contributed by atoms with van der Waals surface area (Å²) >= 11 is 0. The van der Waals surface area contributed by atoms with Gasteiger partial charge in [-0.15, -0.1) is 0 Å². The Balaban J connectivity index is 1.73. The Morgan fingerprint density at radius 3 is 2.59 bits per heavy atom. The zero-order chi connectivity index (χ0) is 12.4. The number of urea groups is 1. The van der Waals surface area contributed by atoms with E-state index in [4.69, 9.17) is 5.11 Å². The molecular formula is C12H20N2O3. The normalized spacial score (nSPS) is 28.3. The van der Waals surface area contributed by atoms with Crippen molar-refractivity contribution in [3.8, 4) is 0 Å². The third-order valence-corrected chi connectivity index (χ3v) is 3.67. The van der Waals surface area contributed by atoms with Crippen LogP contribution in [-0.4, -0.2) is 29.2 Å².